The number of benzene rings is 4. The van der Waals surface area contributed by atoms with Gasteiger partial charge in [-0.05, 0) is 72.5 Å². The molecule has 0 N–H and O–H groups in total. The summed E-state index contributed by atoms with van der Waals surface area (Å²) in [6.45, 7) is 7.54. The van der Waals surface area contributed by atoms with E-state index in [1.807, 2.05) is 27.7 Å². The predicted octanol–water partition coefficient (Wildman–Crippen LogP) is 14.7. The van der Waals surface area contributed by atoms with Crippen LogP contribution in [-0.4, -0.2) is 9.85 Å². The third kappa shape index (κ3) is 10.5. The first-order chi connectivity index (χ1) is 25.2. The topological polar surface area (TPSA) is 105 Å². The van der Waals surface area contributed by atoms with Crippen molar-refractivity contribution < 1.29 is 45.7 Å². The second-order valence-electron chi connectivity index (χ2n) is 12.3. The summed E-state index contributed by atoms with van der Waals surface area (Å²) in [6.07, 6.45) is -8.14. The van der Waals surface area contributed by atoms with Gasteiger partial charge < -0.3 is 9.47 Å². The highest BCUT2D eigenvalue weighted by atomic mass is 35.5. The van der Waals surface area contributed by atoms with Crippen molar-refractivity contribution in [3.05, 3.63) is 125 Å². The van der Waals surface area contributed by atoms with Crippen LogP contribution in [-0.2, 0) is 12.4 Å². The summed E-state index contributed by atoms with van der Waals surface area (Å²) in [6, 6.07) is 13.1. The van der Waals surface area contributed by atoms with Crippen molar-refractivity contribution in [3.63, 3.8) is 0 Å². The van der Waals surface area contributed by atoms with Crippen LogP contribution in [0.25, 0.3) is 0 Å². The summed E-state index contributed by atoms with van der Waals surface area (Å²) < 4.78 is 90.8. The molecule has 4 unspecified atom stereocenters. The van der Waals surface area contributed by atoms with E-state index in [1.165, 1.54) is 58.0 Å². The molecule has 4 aromatic rings. The Bertz CT molecular complexity index is 1860. The highest BCUT2D eigenvalue weighted by Crippen LogP contribution is 2.56. The van der Waals surface area contributed by atoms with E-state index in [4.69, 9.17) is 32.7 Å². The van der Waals surface area contributed by atoms with Crippen molar-refractivity contribution in [3.8, 4) is 23.0 Å². The number of hydrogen-bond donors (Lipinski definition) is 0. The van der Waals surface area contributed by atoms with E-state index in [9.17, 15) is 46.6 Å². The molecule has 8 nitrogen and oxygen atoms in total. The van der Waals surface area contributed by atoms with Gasteiger partial charge in [0.15, 0.2) is 0 Å². The zero-order chi connectivity index (χ0) is 40.1. The normalized spacial score (nSPS) is 14.2. The van der Waals surface area contributed by atoms with E-state index in [1.54, 1.807) is 0 Å². The number of nitro groups is 2. The fourth-order valence-electron chi connectivity index (χ4n) is 5.21. The molecule has 0 radical (unpaired) electrons. The number of halogens is 8. The summed E-state index contributed by atoms with van der Waals surface area (Å²) >= 11 is 12.2. The fraction of sp³-hybridized carbons (Fsp3) is 0.333. The Labute approximate surface area is 324 Å². The molecule has 18 heteroatoms. The summed E-state index contributed by atoms with van der Waals surface area (Å²) in [4.78, 5) is 23.4. The molecule has 4 aromatic carbocycles. The molecule has 0 fully saturated rings. The molecular weight excluding hydrogens is 805 g/mol. The zero-order valence-corrected chi connectivity index (χ0v) is 32.0. The summed E-state index contributed by atoms with van der Waals surface area (Å²) in [7, 11) is 2.52. The van der Waals surface area contributed by atoms with E-state index in [0.29, 0.717) is 25.0 Å². The molecule has 0 aliphatic heterocycles. The first-order valence-electron chi connectivity index (χ1n) is 16.2. The van der Waals surface area contributed by atoms with E-state index < -0.39 is 43.8 Å². The Morgan fingerprint density at radius 3 is 1.26 bits per heavy atom. The lowest BCUT2D eigenvalue weighted by Gasteiger charge is -2.28. The second-order valence-corrected chi connectivity index (χ2v) is 15.6. The first-order valence-corrected chi connectivity index (χ1v) is 19.3. The molecule has 4 rings (SSSR count). The van der Waals surface area contributed by atoms with Gasteiger partial charge in [-0.1, -0.05) is 85.3 Å². The number of hydrogen-bond acceptors (Lipinski definition) is 8. The SMILES string of the molecule is CCC(C)C(SSC(c1cc(Oc2ccc(C(F)(F)F)cc2Cl)ccc1[N+](=O)[O-])C(C)CC)c1cc(Oc2ccc(C(F)(F)F)cc2Cl)ccc1[N+](=O)[O-]. The molecule has 0 aromatic heterocycles. The molecule has 54 heavy (non-hydrogen) atoms. The maximum absolute atomic E-state index is 13.2. The Morgan fingerprint density at radius 1 is 0.630 bits per heavy atom. The van der Waals surface area contributed by atoms with Crippen LogP contribution in [0, 0.1) is 32.1 Å². The maximum Gasteiger partial charge on any atom is 0.416 e. The fourth-order valence-corrected chi connectivity index (χ4v) is 9.71. The predicted molar refractivity (Wildman–Crippen MR) is 199 cm³/mol. The molecule has 0 amide bonds. The molecule has 0 aliphatic carbocycles. The van der Waals surface area contributed by atoms with Crippen molar-refractivity contribution >= 4 is 56.2 Å². The molecule has 0 spiro atoms. The lowest BCUT2D eigenvalue weighted by Crippen LogP contribution is -2.11. The van der Waals surface area contributed by atoms with Crippen LogP contribution in [0.4, 0.5) is 37.7 Å². The average Bonchev–Trinajstić information content (AvgIpc) is 3.10. The highest BCUT2D eigenvalue weighted by Gasteiger charge is 2.35. The van der Waals surface area contributed by atoms with Gasteiger partial charge in [0.2, 0.25) is 0 Å². The van der Waals surface area contributed by atoms with Crippen LogP contribution in [0.2, 0.25) is 10.0 Å². The van der Waals surface area contributed by atoms with Gasteiger partial charge in [-0.15, -0.1) is 0 Å². The van der Waals surface area contributed by atoms with E-state index >= 15 is 0 Å². The molecule has 0 saturated heterocycles. The van der Waals surface area contributed by atoms with Gasteiger partial charge in [-0.25, -0.2) is 0 Å². The molecule has 290 valence electrons. The van der Waals surface area contributed by atoms with Crippen molar-refractivity contribution in [1.82, 2.24) is 0 Å². The molecule has 0 aliphatic rings. The van der Waals surface area contributed by atoms with Crippen LogP contribution in [0.1, 0.15) is 73.3 Å². The Hall–Kier alpha value is -3.86. The molecule has 0 heterocycles. The smallest absolute Gasteiger partial charge is 0.416 e. The van der Waals surface area contributed by atoms with Crippen molar-refractivity contribution in [2.75, 3.05) is 0 Å². The molecule has 0 bridgehead atoms. The Kier molecular flexibility index (Phi) is 14.1. The number of rotatable bonds is 15. The summed E-state index contributed by atoms with van der Waals surface area (Å²) in [5.41, 5.74) is -1.95. The number of alkyl halides is 6. The third-order valence-corrected chi connectivity index (χ3v) is 12.7. The van der Waals surface area contributed by atoms with Crippen LogP contribution in [0.5, 0.6) is 23.0 Å². The molecular formula is C36H32Cl2F6N2O6S2. The quantitative estimate of drug-likeness (QED) is 0.0504. The summed E-state index contributed by atoms with van der Waals surface area (Å²) in [5, 5.41) is 22.7. The van der Waals surface area contributed by atoms with E-state index in [0.717, 1.165) is 24.3 Å². The minimum Gasteiger partial charge on any atom is -0.456 e. The van der Waals surface area contributed by atoms with Crippen LogP contribution in [0.3, 0.4) is 0 Å². The van der Waals surface area contributed by atoms with Crippen LogP contribution in [0.15, 0.2) is 72.8 Å². The molecule has 4 atom stereocenters. The largest absolute Gasteiger partial charge is 0.456 e. The van der Waals surface area contributed by atoms with Crippen LogP contribution >= 0.6 is 44.8 Å². The van der Waals surface area contributed by atoms with Crippen LogP contribution < -0.4 is 9.47 Å². The Balaban J connectivity index is 1.72. The number of nitrogens with zero attached hydrogens (tertiary/aromatic N) is 2. The Morgan fingerprint density at radius 2 is 0.981 bits per heavy atom. The molecule has 0 saturated carbocycles. The van der Waals surface area contributed by atoms with Gasteiger partial charge in [-0.2, -0.15) is 26.3 Å². The van der Waals surface area contributed by atoms with Gasteiger partial charge in [0.05, 0.1) is 31.0 Å². The maximum atomic E-state index is 13.2. The van der Waals surface area contributed by atoms with Crippen molar-refractivity contribution in [1.29, 1.82) is 0 Å². The van der Waals surface area contributed by atoms with Gasteiger partial charge in [-0.3, -0.25) is 20.2 Å². The lowest BCUT2D eigenvalue weighted by molar-refractivity contribution is -0.385. The van der Waals surface area contributed by atoms with Gasteiger partial charge in [0.25, 0.3) is 11.4 Å². The number of ether oxygens (including phenoxy) is 2. The minimum absolute atomic E-state index is 0.0806. The average molecular weight is 838 g/mol. The highest BCUT2D eigenvalue weighted by molar-refractivity contribution is 8.76. The second kappa shape index (κ2) is 17.7. The lowest BCUT2D eigenvalue weighted by atomic mass is 9.96. The summed E-state index contributed by atoms with van der Waals surface area (Å²) in [5.74, 6) is -0.440. The van der Waals surface area contributed by atoms with Gasteiger partial charge in [0.1, 0.15) is 23.0 Å². The van der Waals surface area contributed by atoms with Crippen molar-refractivity contribution in [2.45, 2.75) is 63.4 Å². The van der Waals surface area contributed by atoms with Gasteiger partial charge in [0, 0.05) is 33.8 Å². The third-order valence-electron chi connectivity index (χ3n) is 8.56. The van der Waals surface area contributed by atoms with E-state index in [2.05, 4.69) is 0 Å². The van der Waals surface area contributed by atoms with Gasteiger partial charge >= 0.3 is 12.4 Å². The number of nitro benzene ring substituents is 2. The zero-order valence-electron chi connectivity index (χ0n) is 28.8. The standard InChI is InChI=1S/C36H32Cl2F6N2O6S2/c1-5-19(3)33(25-17-23(9-11-29(25)45(47)48)51-31-13-7-21(15-27(31)37)35(39,40)41)53-54-34(20(4)6-2)26-18-24(10-12-30(26)46(49)50)52-32-14-8-22(16-28(32)38)36(42,43)44/h7-20,33-34H,5-6H2,1-4H3. The minimum atomic E-state index is -4.64. The van der Waals surface area contributed by atoms with E-state index in [-0.39, 0.29) is 67.4 Å². The first kappa shape index (κ1) is 42.9. The van der Waals surface area contributed by atoms with Crippen molar-refractivity contribution in [2.24, 2.45) is 11.8 Å². The monoisotopic (exact) mass is 836 g/mol.